The molecule has 0 saturated heterocycles. The molecular formula is C12H8N4O4S. The van der Waals surface area contributed by atoms with E-state index in [0.29, 0.717) is 5.52 Å². The van der Waals surface area contributed by atoms with Crippen LogP contribution in [-0.4, -0.2) is 27.3 Å². The van der Waals surface area contributed by atoms with Gasteiger partial charge in [-0.2, -0.15) is 0 Å². The van der Waals surface area contributed by atoms with Crippen molar-refractivity contribution in [1.29, 1.82) is 0 Å². The van der Waals surface area contributed by atoms with Crippen LogP contribution >= 0.6 is 0 Å². The van der Waals surface area contributed by atoms with Gasteiger partial charge in [0.25, 0.3) is 15.7 Å². The van der Waals surface area contributed by atoms with Gasteiger partial charge in [0.1, 0.15) is 11.2 Å². The topological polar surface area (TPSA) is 108 Å². The monoisotopic (exact) mass is 304 g/mol. The number of pyridine rings is 1. The average molecular weight is 304 g/mol. The van der Waals surface area contributed by atoms with Crippen molar-refractivity contribution in [2.75, 3.05) is 0 Å². The fourth-order valence-electron chi connectivity index (χ4n) is 1.89. The maximum atomic E-state index is 12.5. The lowest BCUT2D eigenvalue weighted by molar-refractivity contribution is -0.384. The minimum Gasteiger partial charge on any atom is -0.263 e. The summed E-state index contributed by atoms with van der Waals surface area (Å²) in [6.07, 6.45) is 3.78. The van der Waals surface area contributed by atoms with Gasteiger partial charge < -0.3 is 0 Å². The molecule has 0 atom stereocenters. The third-order valence-corrected chi connectivity index (χ3v) is 4.55. The van der Waals surface area contributed by atoms with Crippen molar-refractivity contribution < 1.29 is 13.3 Å². The molecule has 2 aromatic heterocycles. The summed E-state index contributed by atoms with van der Waals surface area (Å²) in [5.41, 5.74) is 0.298. The molecule has 0 unspecified atom stereocenters. The number of non-ortho nitro benzene ring substituents is 1. The number of nitro benzene ring substituents is 1. The van der Waals surface area contributed by atoms with Gasteiger partial charge >= 0.3 is 0 Å². The van der Waals surface area contributed by atoms with E-state index in [1.807, 2.05) is 0 Å². The van der Waals surface area contributed by atoms with Gasteiger partial charge in [-0.1, -0.05) is 0 Å². The molecule has 3 rings (SSSR count). The summed E-state index contributed by atoms with van der Waals surface area (Å²) in [6.45, 7) is 0. The van der Waals surface area contributed by atoms with E-state index < -0.39 is 14.9 Å². The zero-order valence-corrected chi connectivity index (χ0v) is 11.3. The number of rotatable bonds is 3. The highest BCUT2D eigenvalue weighted by Crippen LogP contribution is 2.23. The second-order valence-electron chi connectivity index (χ2n) is 4.16. The van der Waals surface area contributed by atoms with E-state index in [4.69, 9.17) is 0 Å². The van der Waals surface area contributed by atoms with Gasteiger partial charge in [-0.05, 0) is 18.2 Å². The number of hydrogen-bond donors (Lipinski definition) is 0. The van der Waals surface area contributed by atoms with Crippen molar-refractivity contribution in [3.63, 3.8) is 0 Å². The first-order valence-electron chi connectivity index (χ1n) is 5.77. The molecule has 1 aromatic carbocycles. The number of hydrogen-bond acceptors (Lipinski definition) is 6. The Balaban J connectivity index is 2.26. The van der Waals surface area contributed by atoms with E-state index in [9.17, 15) is 18.5 Å². The second kappa shape index (κ2) is 4.63. The third-order valence-electron chi connectivity index (χ3n) is 2.90. The molecule has 0 amide bonds. The first-order valence-corrected chi connectivity index (χ1v) is 7.21. The normalized spacial score (nSPS) is 11.6. The second-order valence-corrected chi connectivity index (χ2v) is 5.98. The average Bonchev–Trinajstić information content (AvgIpc) is 2.91. The van der Waals surface area contributed by atoms with E-state index in [-0.39, 0.29) is 16.1 Å². The van der Waals surface area contributed by atoms with E-state index in [2.05, 4.69) is 9.97 Å². The summed E-state index contributed by atoms with van der Waals surface area (Å²) in [4.78, 5) is 17.9. The molecule has 106 valence electrons. The predicted molar refractivity (Wildman–Crippen MR) is 73.2 cm³/mol. The van der Waals surface area contributed by atoms with Crippen molar-refractivity contribution in [3.8, 4) is 0 Å². The predicted octanol–water partition coefficient (Wildman–Crippen LogP) is 1.58. The van der Waals surface area contributed by atoms with E-state index >= 15 is 0 Å². The van der Waals surface area contributed by atoms with Gasteiger partial charge in [-0.3, -0.25) is 15.1 Å². The number of nitro groups is 1. The Hall–Kier alpha value is -2.81. The van der Waals surface area contributed by atoms with Gasteiger partial charge in [0.05, 0.1) is 16.0 Å². The summed E-state index contributed by atoms with van der Waals surface area (Å²) >= 11 is 0. The summed E-state index contributed by atoms with van der Waals surface area (Å²) in [5, 5.41) is 10.8. The molecule has 0 aliphatic carbocycles. The summed E-state index contributed by atoms with van der Waals surface area (Å²) < 4.78 is 25.9. The third kappa shape index (κ3) is 2.13. The fraction of sp³-hybridized carbons (Fsp3) is 0. The molecule has 8 nitrogen and oxygen atoms in total. The highest BCUT2D eigenvalue weighted by molar-refractivity contribution is 7.90. The van der Waals surface area contributed by atoms with Crippen LogP contribution in [0.5, 0.6) is 0 Å². The lowest BCUT2D eigenvalue weighted by Gasteiger charge is -2.05. The molecule has 0 bridgehead atoms. The Morgan fingerprint density at radius 1 is 1.24 bits per heavy atom. The van der Waals surface area contributed by atoms with Crippen LogP contribution in [0.1, 0.15) is 0 Å². The SMILES string of the molecule is O=[N+]([O-])c1ccc2ncn(S(=O)(=O)c3cccnc3)c2c1. The Kier molecular flexibility index (Phi) is 2.91. The van der Waals surface area contributed by atoms with Crippen LogP contribution in [-0.2, 0) is 10.0 Å². The van der Waals surface area contributed by atoms with Gasteiger partial charge in [-0.15, -0.1) is 0 Å². The van der Waals surface area contributed by atoms with Gasteiger partial charge in [0, 0.05) is 24.5 Å². The maximum Gasteiger partial charge on any atom is 0.271 e. The van der Waals surface area contributed by atoms with Crippen molar-refractivity contribution in [1.82, 2.24) is 13.9 Å². The molecule has 2 heterocycles. The van der Waals surface area contributed by atoms with Crippen molar-refractivity contribution in [2.24, 2.45) is 0 Å². The molecule has 0 N–H and O–H groups in total. The zero-order chi connectivity index (χ0) is 15.0. The summed E-state index contributed by atoms with van der Waals surface area (Å²) in [7, 11) is -3.90. The number of imidazole rings is 1. The molecule has 3 aromatic rings. The minimum atomic E-state index is -3.90. The number of benzene rings is 1. The lowest BCUT2D eigenvalue weighted by Crippen LogP contribution is -2.12. The smallest absolute Gasteiger partial charge is 0.263 e. The van der Waals surface area contributed by atoms with E-state index in [1.54, 1.807) is 0 Å². The lowest BCUT2D eigenvalue weighted by atomic mass is 10.3. The first-order chi connectivity index (χ1) is 10.00. The van der Waals surface area contributed by atoms with Crippen molar-refractivity contribution in [2.45, 2.75) is 4.90 Å². The summed E-state index contributed by atoms with van der Waals surface area (Å²) in [6, 6.07) is 6.75. The van der Waals surface area contributed by atoms with E-state index in [0.717, 1.165) is 10.3 Å². The number of fused-ring (bicyclic) bond motifs is 1. The van der Waals surface area contributed by atoms with Crippen LogP contribution in [0.25, 0.3) is 11.0 Å². The molecule has 0 aliphatic heterocycles. The highest BCUT2D eigenvalue weighted by Gasteiger charge is 2.21. The van der Waals surface area contributed by atoms with Gasteiger partial charge in [-0.25, -0.2) is 17.4 Å². The Bertz CT molecular complexity index is 934. The molecule has 21 heavy (non-hydrogen) atoms. The molecule has 0 spiro atoms. The van der Waals surface area contributed by atoms with Crippen molar-refractivity contribution >= 4 is 26.7 Å². The zero-order valence-electron chi connectivity index (χ0n) is 10.4. The van der Waals surface area contributed by atoms with Crippen molar-refractivity contribution in [3.05, 3.63) is 59.2 Å². The van der Waals surface area contributed by atoms with Crippen LogP contribution in [0, 0.1) is 10.1 Å². The van der Waals surface area contributed by atoms with E-state index in [1.165, 1.54) is 42.7 Å². The summed E-state index contributed by atoms with van der Waals surface area (Å²) in [5.74, 6) is 0. The quantitative estimate of drug-likeness (QED) is 0.537. The molecule has 0 radical (unpaired) electrons. The number of aromatic nitrogens is 3. The Morgan fingerprint density at radius 3 is 2.71 bits per heavy atom. The van der Waals surface area contributed by atoms with Crippen LogP contribution in [0.15, 0.2) is 53.9 Å². The minimum absolute atomic E-state index is 0.0178. The molecular weight excluding hydrogens is 296 g/mol. The molecule has 0 saturated carbocycles. The van der Waals surface area contributed by atoms with Crippen LogP contribution in [0.2, 0.25) is 0 Å². The molecule has 0 fully saturated rings. The molecule has 9 heteroatoms. The van der Waals surface area contributed by atoms with Crippen LogP contribution in [0.4, 0.5) is 5.69 Å². The van der Waals surface area contributed by atoms with Gasteiger partial charge in [0.15, 0.2) is 0 Å². The largest absolute Gasteiger partial charge is 0.271 e. The fourth-order valence-corrected chi connectivity index (χ4v) is 3.14. The Labute approximate surface area is 118 Å². The van der Waals surface area contributed by atoms with Crippen LogP contribution < -0.4 is 0 Å². The Morgan fingerprint density at radius 2 is 2.05 bits per heavy atom. The highest BCUT2D eigenvalue weighted by atomic mass is 32.2. The van der Waals surface area contributed by atoms with Gasteiger partial charge in [0.2, 0.25) is 0 Å². The molecule has 0 aliphatic rings. The van der Waals surface area contributed by atoms with Crippen LogP contribution in [0.3, 0.4) is 0 Å². The standard InChI is InChI=1S/C12H8N4O4S/c17-16(18)9-3-4-11-12(6-9)15(8-14-11)21(19,20)10-2-1-5-13-7-10/h1-8H. The first kappa shape index (κ1) is 13.2. The maximum absolute atomic E-state index is 12.5. The number of nitrogens with zero attached hydrogens (tertiary/aromatic N) is 4.